The van der Waals surface area contributed by atoms with Crippen LogP contribution in [-0.2, 0) is 6.54 Å². The number of hydrogen-bond donors (Lipinski definition) is 1. The van der Waals surface area contributed by atoms with E-state index in [4.69, 9.17) is 9.47 Å². The molecule has 7 nitrogen and oxygen atoms in total. The molecule has 7 heteroatoms. The molecule has 4 rings (SSSR count). The monoisotopic (exact) mass is 384 g/mol. The summed E-state index contributed by atoms with van der Waals surface area (Å²) in [6, 6.07) is 5.93. The van der Waals surface area contributed by atoms with Crippen LogP contribution in [0.4, 0.5) is 10.5 Å². The van der Waals surface area contributed by atoms with Crippen molar-refractivity contribution in [3.05, 3.63) is 36.2 Å². The van der Waals surface area contributed by atoms with Crippen LogP contribution < -0.4 is 14.8 Å². The fourth-order valence-corrected chi connectivity index (χ4v) is 3.70. The van der Waals surface area contributed by atoms with Crippen molar-refractivity contribution in [1.29, 1.82) is 0 Å². The predicted molar refractivity (Wildman–Crippen MR) is 107 cm³/mol. The molecular weight excluding hydrogens is 356 g/mol. The van der Waals surface area contributed by atoms with E-state index in [1.807, 2.05) is 42.9 Å². The van der Waals surface area contributed by atoms with Gasteiger partial charge >= 0.3 is 6.03 Å². The smallest absolute Gasteiger partial charge is 0.322 e. The van der Waals surface area contributed by atoms with Crippen LogP contribution >= 0.6 is 0 Å². The van der Waals surface area contributed by atoms with E-state index in [9.17, 15) is 4.79 Å². The van der Waals surface area contributed by atoms with E-state index in [1.165, 1.54) is 12.8 Å². The first-order valence-electron chi connectivity index (χ1n) is 9.81. The molecular formula is C21H28N4O3. The first-order chi connectivity index (χ1) is 13.3. The number of urea groups is 1. The average Bonchev–Trinajstić information content (AvgIpc) is 3.42. The molecule has 1 atom stereocenters. The number of benzene rings is 1. The van der Waals surface area contributed by atoms with Gasteiger partial charge in [-0.25, -0.2) is 4.79 Å². The number of nitrogens with zero attached hydrogens (tertiary/aromatic N) is 3. The topological polar surface area (TPSA) is 68.6 Å². The van der Waals surface area contributed by atoms with E-state index in [1.54, 1.807) is 18.2 Å². The number of hydrogen-bond acceptors (Lipinski definition) is 4. The molecule has 1 aliphatic heterocycles. The second-order valence-corrected chi connectivity index (χ2v) is 8.41. The Morgan fingerprint density at radius 1 is 1.39 bits per heavy atom. The standard InChI is InChI=1S/C21H28N4O3/c1-14(15-5-6-15)25-12-17(10-22-25)23-20(26)24-11-16-7-8-18(27-4)9-19(16)28-21(2,3)13-24/h7-10,12,14-15H,5-6,11,13H2,1-4H3,(H,23,26). The van der Waals surface area contributed by atoms with Crippen molar-refractivity contribution in [1.82, 2.24) is 14.7 Å². The summed E-state index contributed by atoms with van der Waals surface area (Å²) in [5.41, 5.74) is 1.16. The molecule has 1 aromatic carbocycles. The number of anilines is 1. The van der Waals surface area contributed by atoms with Crippen molar-refractivity contribution >= 4 is 11.7 Å². The largest absolute Gasteiger partial charge is 0.497 e. The molecule has 0 saturated heterocycles. The summed E-state index contributed by atoms with van der Waals surface area (Å²) < 4.78 is 13.4. The first kappa shape index (κ1) is 18.7. The number of aromatic nitrogens is 2. The summed E-state index contributed by atoms with van der Waals surface area (Å²) in [4.78, 5) is 14.7. The van der Waals surface area contributed by atoms with E-state index in [2.05, 4.69) is 17.3 Å². The van der Waals surface area contributed by atoms with Crippen LogP contribution in [0.3, 0.4) is 0 Å². The molecule has 1 aliphatic carbocycles. The maximum atomic E-state index is 13.0. The lowest BCUT2D eigenvalue weighted by Crippen LogP contribution is -2.44. The molecule has 2 aromatic rings. The van der Waals surface area contributed by atoms with Gasteiger partial charge in [0.1, 0.15) is 17.1 Å². The van der Waals surface area contributed by atoms with Gasteiger partial charge in [-0.1, -0.05) is 0 Å². The highest BCUT2D eigenvalue weighted by atomic mass is 16.5. The first-order valence-corrected chi connectivity index (χ1v) is 9.81. The number of methoxy groups -OCH3 is 1. The van der Waals surface area contributed by atoms with Crippen molar-refractivity contribution in [3.63, 3.8) is 0 Å². The van der Waals surface area contributed by atoms with Crippen molar-refractivity contribution in [2.24, 2.45) is 5.92 Å². The summed E-state index contributed by atoms with van der Waals surface area (Å²) in [7, 11) is 1.63. The van der Waals surface area contributed by atoms with E-state index in [0.717, 1.165) is 22.7 Å². The van der Waals surface area contributed by atoms with Crippen LogP contribution in [-0.4, -0.2) is 40.0 Å². The molecule has 2 heterocycles. The van der Waals surface area contributed by atoms with Gasteiger partial charge in [0.05, 0.1) is 38.1 Å². The van der Waals surface area contributed by atoms with E-state index in [0.29, 0.717) is 25.0 Å². The summed E-state index contributed by atoms with van der Waals surface area (Å²) >= 11 is 0. The summed E-state index contributed by atoms with van der Waals surface area (Å²) in [6.07, 6.45) is 6.15. The van der Waals surface area contributed by atoms with Gasteiger partial charge in [0.15, 0.2) is 0 Å². The summed E-state index contributed by atoms with van der Waals surface area (Å²) in [5, 5.41) is 7.41. The second kappa shape index (κ2) is 7.04. The zero-order chi connectivity index (χ0) is 19.9. The van der Waals surface area contributed by atoms with Crippen molar-refractivity contribution < 1.29 is 14.3 Å². The maximum absolute atomic E-state index is 13.0. The molecule has 1 unspecified atom stereocenters. The third-order valence-corrected chi connectivity index (χ3v) is 5.45. The predicted octanol–water partition coefficient (Wildman–Crippen LogP) is 4.07. The molecule has 0 bridgehead atoms. The molecule has 28 heavy (non-hydrogen) atoms. The summed E-state index contributed by atoms with van der Waals surface area (Å²) in [6.45, 7) is 7.09. The van der Waals surface area contributed by atoms with Gasteiger partial charge in [0.25, 0.3) is 0 Å². The highest BCUT2D eigenvalue weighted by molar-refractivity contribution is 5.89. The second-order valence-electron chi connectivity index (χ2n) is 8.41. The number of carbonyl (C=O) groups excluding carboxylic acids is 1. The maximum Gasteiger partial charge on any atom is 0.322 e. The van der Waals surface area contributed by atoms with Crippen molar-refractivity contribution in [2.75, 3.05) is 19.0 Å². The quantitative estimate of drug-likeness (QED) is 0.863. The Morgan fingerprint density at radius 2 is 2.18 bits per heavy atom. The fourth-order valence-electron chi connectivity index (χ4n) is 3.70. The van der Waals surface area contributed by atoms with Crippen LogP contribution in [0.15, 0.2) is 30.6 Å². The zero-order valence-electron chi connectivity index (χ0n) is 16.9. The minimum atomic E-state index is -0.514. The lowest BCUT2D eigenvalue weighted by Gasteiger charge is -2.29. The third-order valence-electron chi connectivity index (χ3n) is 5.45. The van der Waals surface area contributed by atoms with Gasteiger partial charge in [0.2, 0.25) is 0 Å². The van der Waals surface area contributed by atoms with Gasteiger partial charge < -0.3 is 19.7 Å². The molecule has 2 amide bonds. The van der Waals surface area contributed by atoms with Gasteiger partial charge in [-0.15, -0.1) is 0 Å². The normalized spacial score (nSPS) is 19.2. The number of carbonyl (C=O) groups is 1. The van der Waals surface area contributed by atoms with Crippen LogP contribution in [0.25, 0.3) is 0 Å². The molecule has 1 saturated carbocycles. The minimum Gasteiger partial charge on any atom is -0.497 e. The number of fused-ring (bicyclic) bond motifs is 1. The molecule has 150 valence electrons. The molecule has 0 spiro atoms. The van der Waals surface area contributed by atoms with Gasteiger partial charge in [-0.2, -0.15) is 5.10 Å². The Hall–Kier alpha value is -2.70. The zero-order valence-corrected chi connectivity index (χ0v) is 16.9. The molecule has 0 radical (unpaired) electrons. The Bertz CT molecular complexity index is 872. The fraction of sp³-hybridized carbons (Fsp3) is 0.524. The van der Waals surface area contributed by atoms with E-state index >= 15 is 0 Å². The van der Waals surface area contributed by atoms with Crippen molar-refractivity contribution in [2.45, 2.75) is 51.8 Å². The highest BCUT2D eigenvalue weighted by Crippen LogP contribution is 2.39. The van der Waals surface area contributed by atoms with Crippen LogP contribution in [0.1, 0.15) is 45.2 Å². The lowest BCUT2D eigenvalue weighted by atomic mass is 10.1. The molecule has 2 aliphatic rings. The van der Waals surface area contributed by atoms with Crippen molar-refractivity contribution in [3.8, 4) is 11.5 Å². The Kier molecular flexibility index (Phi) is 4.69. The average molecular weight is 384 g/mol. The van der Waals surface area contributed by atoms with Gasteiger partial charge in [0, 0.05) is 17.8 Å². The van der Waals surface area contributed by atoms with Crippen LogP contribution in [0, 0.1) is 5.92 Å². The van der Waals surface area contributed by atoms with Gasteiger partial charge in [-0.3, -0.25) is 4.68 Å². The van der Waals surface area contributed by atoms with Crippen LogP contribution in [0.5, 0.6) is 11.5 Å². The number of ether oxygens (including phenoxy) is 2. The summed E-state index contributed by atoms with van der Waals surface area (Å²) in [5.74, 6) is 2.20. The number of rotatable bonds is 4. The molecule has 1 fully saturated rings. The third kappa shape index (κ3) is 3.93. The lowest BCUT2D eigenvalue weighted by molar-refractivity contribution is 0.0833. The molecule has 1 aromatic heterocycles. The number of nitrogens with one attached hydrogen (secondary N) is 1. The number of amides is 2. The van der Waals surface area contributed by atoms with Crippen LogP contribution in [0.2, 0.25) is 0 Å². The van der Waals surface area contributed by atoms with Gasteiger partial charge in [-0.05, 0) is 51.7 Å². The Morgan fingerprint density at radius 3 is 2.89 bits per heavy atom. The van der Waals surface area contributed by atoms with E-state index < -0.39 is 5.60 Å². The Balaban J connectivity index is 1.50. The minimum absolute atomic E-state index is 0.154. The Labute approximate surface area is 165 Å². The molecule has 1 N–H and O–H groups in total. The van der Waals surface area contributed by atoms with E-state index in [-0.39, 0.29) is 6.03 Å². The SMILES string of the molecule is COc1ccc2c(c1)OC(C)(C)CN(C(=O)Nc1cnn(C(C)C3CC3)c1)C2. The highest BCUT2D eigenvalue weighted by Gasteiger charge is 2.32.